The van der Waals surface area contributed by atoms with Crippen molar-refractivity contribution in [2.45, 2.75) is 59.5 Å². The number of nitrogens with one attached hydrogen (secondary N) is 1. The van der Waals surface area contributed by atoms with Gasteiger partial charge < -0.3 is 4.74 Å². The smallest absolute Gasteiger partial charge is 0.125 e. The second kappa shape index (κ2) is 6.76. The number of aryl methyl sites for hydroxylation is 2. The zero-order valence-corrected chi connectivity index (χ0v) is 13.5. The summed E-state index contributed by atoms with van der Waals surface area (Å²) in [5.74, 6) is 0.954. The van der Waals surface area contributed by atoms with Gasteiger partial charge in [0.15, 0.2) is 0 Å². The van der Waals surface area contributed by atoms with Crippen LogP contribution >= 0.6 is 0 Å². The van der Waals surface area contributed by atoms with Gasteiger partial charge in [-0.2, -0.15) is 5.26 Å². The van der Waals surface area contributed by atoms with E-state index in [1.165, 1.54) is 11.1 Å². The van der Waals surface area contributed by atoms with Crippen LogP contribution in [0.15, 0.2) is 12.1 Å². The minimum atomic E-state index is -0.542. The molecule has 1 unspecified atom stereocenters. The first-order valence-corrected chi connectivity index (χ1v) is 7.17. The molecule has 0 fully saturated rings. The molecular weight excluding hydrogens is 248 g/mol. The van der Waals surface area contributed by atoms with Gasteiger partial charge in [0.05, 0.1) is 12.7 Å². The Bertz CT molecular complexity index is 502. The summed E-state index contributed by atoms with van der Waals surface area (Å²) in [4.78, 5) is 0. The van der Waals surface area contributed by atoms with E-state index in [9.17, 15) is 5.26 Å². The molecule has 110 valence electrons. The lowest BCUT2D eigenvalue weighted by molar-refractivity contribution is 0.257. The highest BCUT2D eigenvalue weighted by atomic mass is 16.5. The van der Waals surface area contributed by atoms with Gasteiger partial charge in [-0.15, -0.1) is 0 Å². The van der Waals surface area contributed by atoms with Crippen molar-refractivity contribution < 1.29 is 4.74 Å². The molecule has 1 aromatic rings. The van der Waals surface area contributed by atoms with Crippen molar-refractivity contribution in [1.82, 2.24) is 5.32 Å². The second-order valence-corrected chi connectivity index (χ2v) is 5.99. The molecule has 1 aromatic carbocycles. The van der Waals surface area contributed by atoms with E-state index < -0.39 is 5.54 Å². The Labute approximate surface area is 123 Å². The second-order valence-electron chi connectivity index (χ2n) is 5.99. The fraction of sp³-hybridized carbons (Fsp3) is 0.588. The van der Waals surface area contributed by atoms with Crippen LogP contribution < -0.4 is 10.1 Å². The fourth-order valence-electron chi connectivity index (χ4n) is 2.30. The SMILES string of the molecule is Cc1ccc(C)c(OCCC(C)(C#N)NC(C)C)c1C. The largest absolute Gasteiger partial charge is 0.493 e. The van der Waals surface area contributed by atoms with E-state index in [0.29, 0.717) is 13.0 Å². The maximum Gasteiger partial charge on any atom is 0.125 e. The van der Waals surface area contributed by atoms with Crippen molar-refractivity contribution in [3.63, 3.8) is 0 Å². The van der Waals surface area contributed by atoms with Crippen molar-refractivity contribution >= 4 is 0 Å². The number of hydrogen-bond acceptors (Lipinski definition) is 3. The normalized spacial score (nSPS) is 13.9. The van der Waals surface area contributed by atoms with Crippen LogP contribution in [-0.2, 0) is 0 Å². The average molecular weight is 274 g/mol. The van der Waals surface area contributed by atoms with Gasteiger partial charge in [-0.25, -0.2) is 0 Å². The van der Waals surface area contributed by atoms with Gasteiger partial charge in [-0.1, -0.05) is 12.1 Å². The maximum absolute atomic E-state index is 9.32. The van der Waals surface area contributed by atoms with Gasteiger partial charge in [-0.05, 0) is 58.2 Å². The van der Waals surface area contributed by atoms with Crippen LogP contribution in [0.3, 0.4) is 0 Å². The van der Waals surface area contributed by atoms with Crippen LogP contribution in [0.2, 0.25) is 0 Å². The lowest BCUT2D eigenvalue weighted by Gasteiger charge is -2.26. The molecule has 3 nitrogen and oxygen atoms in total. The van der Waals surface area contributed by atoms with Crippen LogP contribution in [0.25, 0.3) is 0 Å². The van der Waals surface area contributed by atoms with Crippen molar-refractivity contribution in [2.24, 2.45) is 0 Å². The van der Waals surface area contributed by atoms with E-state index in [0.717, 1.165) is 11.3 Å². The summed E-state index contributed by atoms with van der Waals surface area (Å²) in [6, 6.07) is 6.81. The molecule has 0 amide bonds. The number of rotatable bonds is 6. The minimum absolute atomic E-state index is 0.280. The Morgan fingerprint density at radius 3 is 2.40 bits per heavy atom. The topological polar surface area (TPSA) is 45.0 Å². The van der Waals surface area contributed by atoms with Crippen molar-refractivity contribution in [3.05, 3.63) is 28.8 Å². The Hall–Kier alpha value is -1.53. The molecule has 1 rings (SSSR count). The molecule has 0 radical (unpaired) electrons. The molecule has 0 aliphatic heterocycles. The number of hydrogen-bond donors (Lipinski definition) is 1. The van der Waals surface area contributed by atoms with Gasteiger partial charge in [0.2, 0.25) is 0 Å². The van der Waals surface area contributed by atoms with E-state index in [-0.39, 0.29) is 6.04 Å². The third kappa shape index (κ3) is 4.25. The Balaban J connectivity index is 2.69. The van der Waals surface area contributed by atoms with Crippen molar-refractivity contribution in [1.29, 1.82) is 5.26 Å². The fourth-order valence-corrected chi connectivity index (χ4v) is 2.30. The first-order chi connectivity index (χ1) is 9.29. The lowest BCUT2D eigenvalue weighted by atomic mass is 9.99. The Kier molecular flexibility index (Phi) is 5.59. The van der Waals surface area contributed by atoms with Gasteiger partial charge in [0.1, 0.15) is 11.3 Å². The molecule has 0 bridgehead atoms. The molecule has 0 aliphatic rings. The summed E-state index contributed by atoms with van der Waals surface area (Å²) in [7, 11) is 0. The molecule has 0 saturated carbocycles. The van der Waals surface area contributed by atoms with Crippen molar-refractivity contribution in [3.8, 4) is 11.8 Å². The molecule has 0 aromatic heterocycles. The van der Waals surface area contributed by atoms with Gasteiger partial charge >= 0.3 is 0 Å². The zero-order chi connectivity index (χ0) is 15.3. The minimum Gasteiger partial charge on any atom is -0.493 e. The quantitative estimate of drug-likeness (QED) is 0.861. The third-order valence-corrected chi connectivity index (χ3v) is 3.58. The van der Waals surface area contributed by atoms with Gasteiger partial charge in [0.25, 0.3) is 0 Å². The number of nitriles is 1. The summed E-state index contributed by atoms with van der Waals surface area (Å²) in [6.45, 7) is 12.8. The van der Waals surface area contributed by atoms with E-state index in [4.69, 9.17) is 4.74 Å². The van der Waals surface area contributed by atoms with E-state index in [1.54, 1.807) is 0 Å². The number of benzene rings is 1. The summed E-state index contributed by atoms with van der Waals surface area (Å²) >= 11 is 0. The standard InChI is InChI=1S/C17H26N2O/c1-12(2)19-17(6,11-18)9-10-20-16-14(4)8-7-13(3)15(16)5/h7-8,12,19H,9-10H2,1-6H3. The molecule has 0 spiro atoms. The summed E-state index contributed by atoms with van der Waals surface area (Å²) in [5, 5.41) is 12.6. The van der Waals surface area contributed by atoms with Crippen LogP contribution in [-0.4, -0.2) is 18.2 Å². The molecule has 0 aliphatic carbocycles. The molecule has 20 heavy (non-hydrogen) atoms. The highest BCUT2D eigenvalue weighted by Gasteiger charge is 2.24. The predicted octanol–water partition coefficient (Wildman–Crippen LogP) is 3.66. The lowest BCUT2D eigenvalue weighted by Crippen LogP contribution is -2.45. The van der Waals surface area contributed by atoms with Crippen LogP contribution in [0.1, 0.15) is 43.9 Å². The highest BCUT2D eigenvalue weighted by molar-refractivity contribution is 5.44. The number of nitrogens with zero attached hydrogens (tertiary/aromatic N) is 1. The zero-order valence-electron chi connectivity index (χ0n) is 13.5. The average Bonchev–Trinajstić information content (AvgIpc) is 2.37. The first kappa shape index (κ1) is 16.5. The molecule has 1 atom stereocenters. The monoisotopic (exact) mass is 274 g/mol. The summed E-state index contributed by atoms with van der Waals surface area (Å²) in [6.07, 6.45) is 0.661. The summed E-state index contributed by atoms with van der Waals surface area (Å²) < 4.78 is 5.94. The third-order valence-electron chi connectivity index (χ3n) is 3.58. The van der Waals surface area contributed by atoms with E-state index in [2.05, 4.69) is 44.3 Å². The molecular formula is C17H26N2O. The van der Waals surface area contributed by atoms with Gasteiger partial charge in [0, 0.05) is 12.5 Å². The predicted molar refractivity (Wildman–Crippen MR) is 83.1 cm³/mol. The first-order valence-electron chi connectivity index (χ1n) is 7.17. The van der Waals surface area contributed by atoms with E-state index in [1.807, 2.05) is 20.8 Å². The van der Waals surface area contributed by atoms with Crippen molar-refractivity contribution in [2.75, 3.05) is 6.61 Å². The highest BCUT2D eigenvalue weighted by Crippen LogP contribution is 2.26. The van der Waals surface area contributed by atoms with Crippen LogP contribution in [0.5, 0.6) is 5.75 Å². The summed E-state index contributed by atoms with van der Waals surface area (Å²) in [5.41, 5.74) is 3.01. The Morgan fingerprint density at radius 1 is 1.25 bits per heavy atom. The van der Waals surface area contributed by atoms with Crippen LogP contribution in [0.4, 0.5) is 0 Å². The van der Waals surface area contributed by atoms with Gasteiger partial charge in [-0.3, -0.25) is 5.32 Å². The maximum atomic E-state index is 9.32. The number of ether oxygens (including phenoxy) is 1. The molecule has 0 saturated heterocycles. The molecule has 0 heterocycles. The van der Waals surface area contributed by atoms with Crippen LogP contribution in [0, 0.1) is 32.1 Å². The Morgan fingerprint density at radius 2 is 1.85 bits per heavy atom. The van der Waals surface area contributed by atoms with E-state index >= 15 is 0 Å². The molecule has 3 heteroatoms. The molecule has 1 N–H and O–H groups in total.